The normalized spacial score (nSPS) is 11.3. The fourth-order valence-corrected chi connectivity index (χ4v) is 1.54. The highest BCUT2D eigenvalue weighted by Gasteiger charge is 2.17. The van der Waals surface area contributed by atoms with E-state index in [4.69, 9.17) is 9.47 Å². The lowest BCUT2D eigenvalue weighted by Crippen LogP contribution is -2.27. The smallest absolute Gasteiger partial charge is 0.412 e. The number of methoxy groups -OCH3 is 1. The van der Waals surface area contributed by atoms with E-state index in [1.165, 1.54) is 13.0 Å². The number of amides is 1. The molecule has 5 heteroatoms. The van der Waals surface area contributed by atoms with Gasteiger partial charge in [-0.2, -0.15) is 0 Å². The van der Waals surface area contributed by atoms with Crippen molar-refractivity contribution in [2.75, 3.05) is 12.4 Å². The standard InChI is InChI=1S/C16H21NO4/c1-11(18)6-7-12-10-13(20-5)8-9-14(12)17-15(19)21-16(2,3)4/h6-10H,1-5H3,(H,17,19)/b7-6+. The Kier molecular flexibility index (Phi) is 5.52. The van der Waals surface area contributed by atoms with Gasteiger partial charge in [-0.25, -0.2) is 4.79 Å². The molecule has 0 heterocycles. The van der Waals surface area contributed by atoms with Gasteiger partial charge in [0, 0.05) is 5.56 Å². The molecule has 0 atom stereocenters. The first-order valence-electron chi connectivity index (χ1n) is 6.58. The number of hydrogen-bond acceptors (Lipinski definition) is 4. The predicted molar refractivity (Wildman–Crippen MR) is 82.6 cm³/mol. The van der Waals surface area contributed by atoms with Crippen LogP contribution in [-0.2, 0) is 9.53 Å². The molecule has 0 aliphatic rings. The molecule has 0 fully saturated rings. The molecule has 5 nitrogen and oxygen atoms in total. The Morgan fingerprint density at radius 1 is 1.24 bits per heavy atom. The topological polar surface area (TPSA) is 64.6 Å². The van der Waals surface area contributed by atoms with Crippen molar-refractivity contribution in [3.8, 4) is 5.75 Å². The van der Waals surface area contributed by atoms with Gasteiger partial charge in [-0.15, -0.1) is 0 Å². The first-order valence-corrected chi connectivity index (χ1v) is 6.58. The molecule has 0 saturated heterocycles. The molecule has 1 aromatic carbocycles. The van der Waals surface area contributed by atoms with E-state index in [1.54, 1.807) is 52.2 Å². The summed E-state index contributed by atoms with van der Waals surface area (Å²) < 4.78 is 10.3. The monoisotopic (exact) mass is 291 g/mol. The molecule has 21 heavy (non-hydrogen) atoms. The van der Waals surface area contributed by atoms with Gasteiger partial charge >= 0.3 is 6.09 Å². The SMILES string of the molecule is COc1ccc(NC(=O)OC(C)(C)C)c(/C=C/C(C)=O)c1. The van der Waals surface area contributed by atoms with Crippen molar-refractivity contribution in [2.24, 2.45) is 0 Å². The summed E-state index contributed by atoms with van der Waals surface area (Å²) >= 11 is 0. The molecule has 0 aliphatic heterocycles. The molecule has 0 saturated carbocycles. The molecule has 0 spiro atoms. The minimum absolute atomic E-state index is 0.0824. The number of nitrogens with one attached hydrogen (secondary N) is 1. The number of carbonyl (C=O) groups excluding carboxylic acids is 2. The van der Waals surface area contributed by atoms with Crippen LogP contribution >= 0.6 is 0 Å². The number of anilines is 1. The van der Waals surface area contributed by atoms with E-state index in [2.05, 4.69) is 5.32 Å². The number of rotatable bonds is 4. The highest BCUT2D eigenvalue weighted by molar-refractivity contribution is 5.94. The van der Waals surface area contributed by atoms with Crippen LogP contribution in [0.15, 0.2) is 24.3 Å². The van der Waals surface area contributed by atoms with E-state index in [9.17, 15) is 9.59 Å². The van der Waals surface area contributed by atoms with Crippen LogP contribution in [0.2, 0.25) is 0 Å². The molecule has 1 aromatic rings. The van der Waals surface area contributed by atoms with Crippen molar-refractivity contribution >= 4 is 23.6 Å². The summed E-state index contributed by atoms with van der Waals surface area (Å²) in [6, 6.07) is 5.15. The van der Waals surface area contributed by atoms with Gasteiger partial charge in [0.05, 0.1) is 12.8 Å². The molecule has 0 aromatic heterocycles. The van der Waals surface area contributed by atoms with Crippen LogP contribution in [0.5, 0.6) is 5.75 Å². The molecule has 0 radical (unpaired) electrons. The first-order chi connectivity index (χ1) is 9.71. The molecule has 0 unspecified atom stereocenters. The summed E-state index contributed by atoms with van der Waals surface area (Å²) in [7, 11) is 1.55. The second kappa shape index (κ2) is 6.92. The van der Waals surface area contributed by atoms with E-state index < -0.39 is 11.7 Å². The molecule has 114 valence electrons. The average Bonchev–Trinajstić information content (AvgIpc) is 2.35. The Bertz CT molecular complexity index is 556. The van der Waals surface area contributed by atoms with Gasteiger partial charge in [-0.1, -0.05) is 0 Å². The highest BCUT2D eigenvalue weighted by atomic mass is 16.6. The lowest BCUT2D eigenvalue weighted by atomic mass is 10.1. The van der Waals surface area contributed by atoms with Gasteiger partial charge in [0.25, 0.3) is 0 Å². The van der Waals surface area contributed by atoms with E-state index in [0.29, 0.717) is 17.0 Å². The van der Waals surface area contributed by atoms with Crippen molar-refractivity contribution in [3.05, 3.63) is 29.8 Å². The quantitative estimate of drug-likeness (QED) is 0.860. The summed E-state index contributed by atoms with van der Waals surface area (Å²) in [5.74, 6) is 0.550. The fraction of sp³-hybridized carbons (Fsp3) is 0.375. The summed E-state index contributed by atoms with van der Waals surface area (Å²) in [5.41, 5.74) is 0.629. The maximum atomic E-state index is 11.8. The van der Waals surface area contributed by atoms with Gasteiger partial charge in [-0.3, -0.25) is 10.1 Å². The van der Waals surface area contributed by atoms with Gasteiger partial charge in [0.2, 0.25) is 0 Å². The summed E-state index contributed by atoms with van der Waals surface area (Å²) in [5, 5.41) is 2.66. The maximum Gasteiger partial charge on any atom is 0.412 e. The van der Waals surface area contributed by atoms with Crippen LogP contribution in [0, 0.1) is 0 Å². The Morgan fingerprint density at radius 2 is 1.90 bits per heavy atom. The number of carbonyl (C=O) groups is 2. The van der Waals surface area contributed by atoms with Crippen LogP contribution in [-0.4, -0.2) is 24.6 Å². The number of hydrogen-bond donors (Lipinski definition) is 1. The summed E-state index contributed by atoms with van der Waals surface area (Å²) in [6.45, 7) is 6.82. The third-order valence-electron chi connectivity index (χ3n) is 2.39. The van der Waals surface area contributed by atoms with E-state index in [0.717, 1.165) is 0 Å². The Labute approximate surface area is 124 Å². The molecular formula is C16H21NO4. The highest BCUT2D eigenvalue weighted by Crippen LogP contribution is 2.24. The largest absolute Gasteiger partial charge is 0.497 e. The number of ketones is 1. The van der Waals surface area contributed by atoms with Crippen molar-refractivity contribution in [1.29, 1.82) is 0 Å². The van der Waals surface area contributed by atoms with E-state index in [1.807, 2.05) is 0 Å². The Morgan fingerprint density at radius 3 is 2.43 bits per heavy atom. The number of ether oxygens (including phenoxy) is 2. The van der Waals surface area contributed by atoms with Gasteiger partial charge in [0.15, 0.2) is 5.78 Å². The van der Waals surface area contributed by atoms with Gasteiger partial charge in [-0.05, 0) is 58.0 Å². The van der Waals surface area contributed by atoms with Crippen LogP contribution in [0.3, 0.4) is 0 Å². The zero-order chi connectivity index (χ0) is 16.0. The molecular weight excluding hydrogens is 270 g/mol. The van der Waals surface area contributed by atoms with Crippen molar-refractivity contribution in [3.63, 3.8) is 0 Å². The second-order valence-electron chi connectivity index (χ2n) is 5.52. The molecule has 1 rings (SSSR count). The Hall–Kier alpha value is -2.30. The lowest BCUT2D eigenvalue weighted by Gasteiger charge is -2.20. The van der Waals surface area contributed by atoms with E-state index >= 15 is 0 Å². The predicted octanol–water partition coefficient (Wildman–Crippen LogP) is 3.64. The van der Waals surface area contributed by atoms with Crippen molar-refractivity contribution in [2.45, 2.75) is 33.3 Å². The first kappa shape index (κ1) is 16.8. The third-order valence-corrected chi connectivity index (χ3v) is 2.39. The van der Waals surface area contributed by atoms with Crippen LogP contribution < -0.4 is 10.1 Å². The average molecular weight is 291 g/mol. The fourth-order valence-electron chi connectivity index (χ4n) is 1.54. The zero-order valence-corrected chi connectivity index (χ0v) is 13.0. The zero-order valence-electron chi connectivity index (χ0n) is 13.0. The second-order valence-corrected chi connectivity index (χ2v) is 5.52. The lowest BCUT2D eigenvalue weighted by molar-refractivity contribution is -0.112. The molecule has 0 bridgehead atoms. The van der Waals surface area contributed by atoms with E-state index in [-0.39, 0.29) is 5.78 Å². The van der Waals surface area contributed by atoms with Gasteiger partial charge < -0.3 is 9.47 Å². The maximum absolute atomic E-state index is 11.8. The molecule has 0 aliphatic carbocycles. The van der Waals surface area contributed by atoms with Crippen molar-refractivity contribution < 1.29 is 19.1 Å². The minimum atomic E-state index is -0.577. The number of allylic oxidation sites excluding steroid dienone is 1. The minimum Gasteiger partial charge on any atom is -0.497 e. The van der Waals surface area contributed by atoms with Gasteiger partial charge in [0.1, 0.15) is 11.4 Å². The summed E-state index contributed by atoms with van der Waals surface area (Å²) in [4.78, 5) is 22.9. The Balaban J connectivity index is 3.00. The number of benzene rings is 1. The van der Waals surface area contributed by atoms with Crippen molar-refractivity contribution in [1.82, 2.24) is 0 Å². The third kappa shape index (κ3) is 6.12. The van der Waals surface area contributed by atoms with Crippen LogP contribution in [0.25, 0.3) is 6.08 Å². The molecule has 1 amide bonds. The van der Waals surface area contributed by atoms with Crippen LogP contribution in [0.4, 0.5) is 10.5 Å². The summed E-state index contributed by atoms with van der Waals surface area (Å²) in [6.07, 6.45) is 2.50. The van der Waals surface area contributed by atoms with Crippen LogP contribution in [0.1, 0.15) is 33.3 Å². The molecule has 1 N–H and O–H groups in total.